The van der Waals surface area contributed by atoms with Crippen molar-refractivity contribution in [1.29, 1.82) is 0 Å². The predicted octanol–water partition coefficient (Wildman–Crippen LogP) is 2.60. The minimum atomic E-state index is 0.947. The van der Waals surface area contributed by atoms with Crippen LogP contribution in [0.2, 0.25) is 0 Å². The molecule has 1 N–H and O–H groups in total. The van der Waals surface area contributed by atoms with Gasteiger partial charge in [-0.15, -0.1) is 0 Å². The van der Waals surface area contributed by atoms with Crippen molar-refractivity contribution in [2.24, 2.45) is 11.8 Å². The summed E-state index contributed by atoms with van der Waals surface area (Å²) in [7, 11) is 4.28. The van der Waals surface area contributed by atoms with Crippen molar-refractivity contribution in [1.82, 2.24) is 10.2 Å². The van der Waals surface area contributed by atoms with E-state index in [9.17, 15) is 0 Å². The van der Waals surface area contributed by atoms with Gasteiger partial charge in [0.1, 0.15) is 0 Å². The highest BCUT2D eigenvalue weighted by molar-refractivity contribution is 4.68. The van der Waals surface area contributed by atoms with Crippen LogP contribution < -0.4 is 5.32 Å². The van der Waals surface area contributed by atoms with Crippen molar-refractivity contribution in [3.8, 4) is 0 Å². The van der Waals surface area contributed by atoms with E-state index < -0.39 is 0 Å². The molecule has 0 unspecified atom stereocenters. The molecule has 0 aromatic carbocycles. The van der Waals surface area contributed by atoms with Crippen LogP contribution in [0.25, 0.3) is 0 Å². The molecule has 0 bridgehead atoms. The van der Waals surface area contributed by atoms with Gasteiger partial charge in [0.25, 0.3) is 0 Å². The Kier molecular flexibility index (Phi) is 9.12. The molecule has 1 heterocycles. The monoisotopic (exact) mass is 214 g/mol. The lowest BCUT2D eigenvalue weighted by Crippen LogP contribution is -2.39. The molecule has 2 heteroatoms. The second-order valence-electron chi connectivity index (χ2n) is 5.04. The summed E-state index contributed by atoms with van der Waals surface area (Å²) < 4.78 is 0. The van der Waals surface area contributed by atoms with Crippen LogP contribution in [0.5, 0.6) is 0 Å². The Hall–Kier alpha value is -0.0800. The highest BCUT2D eigenvalue weighted by Crippen LogP contribution is 2.11. The molecule has 1 saturated heterocycles. The van der Waals surface area contributed by atoms with Gasteiger partial charge in [0, 0.05) is 0 Å². The average molecular weight is 214 g/mol. The molecule has 1 aliphatic heterocycles. The molecule has 0 amide bonds. The van der Waals surface area contributed by atoms with Crippen LogP contribution in [-0.2, 0) is 0 Å². The molecule has 0 aliphatic carbocycles. The van der Waals surface area contributed by atoms with Crippen LogP contribution >= 0.6 is 0 Å². The zero-order chi connectivity index (χ0) is 11.7. The SMILES string of the molecule is CC1CNC1.CCC(CC)CCN(C)C. The Bertz CT molecular complexity index is 126. The molecule has 92 valence electrons. The van der Waals surface area contributed by atoms with Crippen molar-refractivity contribution < 1.29 is 0 Å². The molecule has 0 aromatic rings. The summed E-state index contributed by atoms with van der Waals surface area (Å²) in [5, 5.41) is 3.16. The van der Waals surface area contributed by atoms with Gasteiger partial charge in [-0.25, -0.2) is 0 Å². The maximum atomic E-state index is 3.16. The van der Waals surface area contributed by atoms with E-state index >= 15 is 0 Å². The molecular weight excluding hydrogens is 184 g/mol. The van der Waals surface area contributed by atoms with Gasteiger partial charge in [0.2, 0.25) is 0 Å². The Balaban J connectivity index is 0.000000322. The molecule has 0 aromatic heterocycles. The van der Waals surface area contributed by atoms with Gasteiger partial charge < -0.3 is 10.2 Å². The quantitative estimate of drug-likeness (QED) is 0.757. The highest BCUT2D eigenvalue weighted by atomic mass is 15.0. The maximum absolute atomic E-state index is 3.16. The van der Waals surface area contributed by atoms with E-state index in [4.69, 9.17) is 0 Å². The lowest BCUT2D eigenvalue weighted by molar-refractivity contribution is 0.339. The standard InChI is InChI=1S/C9H21N.C4H9N/c1-5-9(6-2)7-8-10(3)4;1-4-2-5-3-4/h9H,5-8H2,1-4H3;4-5H,2-3H2,1H3. The van der Waals surface area contributed by atoms with E-state index in [0.29, 0.717) is 0 Å². The molecule has 2 nitrogen and oxygen atoms in total. The van der Waals surface area contributed by atoms with Crippen molar-refractivity contribution in [3.05, 3.63) is 0 Å². The number of rotatable bonds is 5. The zero-order valence-electron chi connectivity index (χ0n) is 11.3. The van der Waals surface area contributed by atoms with Crippen molar-refractivity contribution in [2.75, 3.05) is 33.7 Å². The molecule has 1 rings (SSSR count). The second kappa shape index (κ2) is 9.17. The fourth-order valence-corrected chi connectivity index (χ4v) is 1.57. The molecular formula is C13H30N2. The normalized spacial score (nSPS) is 16.2. The molecule has 0 radical (unpaired) electrons. The Morgan fingerprint density at radius 2 is 1.67 bits per heavy atom. The molecule has 0 spiro atoms. The summed E-state index contributed by atoms with van der Waals surface area (Å²) in [6.45, 7) is 10.5. The Morgan fingerprint density at radius 1 is 1.20 bits per heavy atom. The predicted molar refractivity (Wildman–Crippen MR) is 69.3 cm³/mol. The van der Waals surface area contributed by atoms with Gasteiger partial charge in [-0.3, -0.25) is 0 Å². The first-order valence-corrected chi connectivity index (χ1v) is 6.45. The van der Waals surface area contributed by atoms with Gasteiger partial charge >= 0.3 is 0 Å². The summed E-state index contributed by atoms with van der Waals surface area (Å²) >= 11 is 0. The van der Waals surface area contributed by atoms with E-state index in [-0.39, 0.29) is 0 Å². The molecule has 0 saturated carbocycles. The van der Waals surface area contributed by atoms with E-state index in [1.807, 2.05) is 0 Å². The van der Waals surface area contributed by atoms with E-state index in [1.54, 1.807) is 0 Å². The smallest absolute Gasteiger partial charge is 0.00109 e. The first-order valence-electron chi connectivity index (χ1n) is 6.45. The topological polar surface area (TPSA) is 15.3 Å². The van der Waals surface area contributed by atoms with Crippen LogP contribution in [0.15, 0.2) is 0 Å². The average Bonchev–Trinajstić information content (AvgIpc) is 2.17. The number of nitrogens with zero attached hydrogens (tertiary/aromatic N) is 1. The zero-order valence-corrected chi connectivity index (χ0v) is 11.3. The minimum Gasteiger partial charge on any atom is -0.316 e. The maximum Gasteiger partial charge on any atom is -0.00109 e. The first kappa shape index (κ1) is 14.9. The summed E-state index contributed by atoms with van der Waals surface area (Å²) in [6, 6.07) is 0. The largest absolute Gasteiger partial charge is 0.316 e. The number of hydrogen-bond acceptors (Lipinski definition) is 2. The molecule has 1 aliphatic rings. The van der Waals surface area contributed by atoms with Crippen molar-refractivity contribution in [3.63, 3.8) is 0 Å². The Morgan fingerprint density at radius 3 is 1.87 bits per heavy atom. The van der Waals surface area contributed by atoms with Gasteiger partial charge in [-0.1, -0.05) is 33.6 Å². The molecule has 0 atom stereocenters. The fraction of sp³-hybridized carbons (Fsp3) is 1.00. The summed E-state index contributed by atoms with van der Waals surface area (Å²) in [6.07, 6.45) is 4.04. The van der Waals surface area contributed by atoms with Crippen LogP contribution in [0.3, 0.4) is 0 Å². The fourth-order valence-electron chi connectivity index (χ4n) is 1.57. The van der Waals surface area contributed by atoms with Gasteiger partial charge in [0.15, 0.2) is 0 Å². The summed E-state index contributed by atoms with van der Waals surface area (Å²) in [5.74, 6) is 1.90. The lowest BCUT2D eigenvalue weighted by atomic mass is 10.00. The number of hydrogen-bond donors (Lipinski definition) is 1. The molecule has 1 fully saturated rings. The third-order valence-electron chi connectivity index (χ3n) is 3.12. The number of nitrogens with one attached hydrogen (secondary N) is 1. The second-order valence-corrected chi connectivity index (χ2v) is 5.04. The molecule has 15 heavy (non-hydrogen) atoms. The Labute approximate surface area is 96.4 Å². The van der Waals surface area contributed by atoms with Crippen LogP contribution in [0.4, 0.5) is 0 Å². The third kappa shape index (κ3) is 8.88. The first-order chi connectivity index (χ1) is 7.10. The van der Waals surface area contributed by atoms with Gasteiger partial charge in [0.05, 0.1) is 0 Å². The minimum absolute atomic E-state index is 0.947. The van der Waals surface area contributed by atoms with Gasteiger partial charge in [-0.05, 0) is 52.0 Å². The summed E-state index contributed by atoms with van der Waals surface area (Å²) in [4.78, 5) is 2.26. The van der Waals surface area contributed by atoms with E-state index in [1.165, 1.54) is 38.9 Å². The van der Waals surface area contributed by atoms with Crippen LogP contribution in [0, 0.1) is 11.8 Å². The van der Waals surface area contributed by atoms with E-state index in [0.717, 1.165) is 11.8 Å². The summed E-state index contributed by atoms with van der Waals surface area (Å²) in [5.41, 5.74) is 0. The van der Waals surface area contributed by atoms with Gasteiger partial charge in [-0.2, -0.15) is 0 Å². The van der Waals surface area contributed by atoms with Crippen molar-refractivity contribution >= 4 is 0 Å². The van der Waals surface area contributed by atoms with Crippen LogP contribution in [0.1, 0.15) is 40.0 Å². The lowest BCUT2D eigenvalue weighted by Gasteiger charge is -2.21. The third-order valence-corrected chi connectivity index (χ3v) is 3.12. The van der Waals surface area contributed by atoms with Crippen molar-refractivity contribution in [2.45, 2.75) is 40.0 Å². The highest BCUT2D eigenvalue weighted by Gasteiger charge is 2.07. The van der Waals surface area contributed by atoms with Crippen LogP contribution in [-0.4, -0.2) is 38.6 Å². The van der Waals surface area contributed by atoms with E-state index in [2.05, 4.69) is 45.1 Å².